The number of amides is 1. The van der Waals surface area contributed by atoms with E-state index in [9.17, 15) is 9.59 Å². The fourth-order valence-corrected chi connectivity index (χ4v) is 1.89. The number of pyridine rings is 1. The Morgan fingerprint density at radius 1 is 1.17 bits per heavy atom. The lowest BCUT2D eigenvalue weighted by molar-refractivity contribution is -0.119. The van der Waals surface area contributed by atoms with Crippen LogP contribution in [0.15, 0.2) is 48.8 Å². The standard InChI is InChI=1S/C17H19N3O3/c1-2-23-17(22)14-5-7-15(8-6-14)19-12-16(21)20-11-13-4-3-9-18-10-13/h3-10,19H,2,11-12H2,1H3,(H,20,21). The van der Waals surface area contributed by atoms with Crippen LogP contribution in [0.3, 0.4) is 0 Å². The highest BCUT2D eigenvalue weighted by Gasteiger charge is 2.06. The largest absolute Gasteiger partial charge is 0.462 e. The Kier molecular flexibility index (Phi) is 6.11. The summed E-state index contributed by atoms with van der Waals surface area (Å²) in [5.41, 5.74) is 2.19. The minimum Gasteiger partial charge on any atom is -0.462 e. The van der Waals surface area contributed by atoms with Crippen LogP contribution in [0.2, 0.25) is 0 Å². The first-order valence-corrected chi connectivity index (χ1v) is 7.35. The Bertz CT molecular complexity index is 642. The second kappa shape index (κ2) is 8.53. The van der Waals surface area contributed by atoms with Crippen molar-refractivity contribution in [2.45, 2.75) is 13.5 Å². The fourth-order valence-electron chi connectivity index (χ4n) is 1.89. The zero-order chi connectivity index (χ0) is 16.5. The lowest BCUT2D eigenvalue weighted by atomic mass is 10.2. The van der Waals surface area contributed by atoms with Gasteiger partial charge >= 0.3 is 5.97 Å². The Labute approximate surface area is 134 Å². The van der Waals surface area contributed by atoms with Crippen LogP contribution in [0.4, 0.5) is 5.69 Å². The van der Waals surface area contributed by atoms with Crippen molar-refractivity contribution in [3.63, 3.8) is 0 Å². The van der Waals surface area contributed by atoms with Crippen molar-refractivity contribution in [1.29, 1.82) is 0 Å². The Morgan fingerprint density at radius 3 is 2.61 bits per heavy atom. The SMILES string of the molecule is CCOC(=O)c1ccc(NCC(=O)NCc2cccnc2)cc1. The molecule has 1 amide bonds. The van der Waals surface area contributed by atoms with Crippen LogP contribution < -0.4 is 10.6 Å². The van der Waals surface area contributed by atoms with E-state index < -0.39 is 0 Å². The predicted octanol–water partition coefficient (Wildman–Crippen LogP) is 1.99. The molecule has 6 heteroatoms. The smallest absolute Gasteiger partial charge is 0.338 e. The van der Waals surface area contributed by atoms with Crippen molar-refractivity contribution in [3.05, 3.63) is 59.9 Å². The van der Waals surface area contributed by atoms with E-state index in [4.69, 9.17) is 4.74 Å². The van der Waals surface area contributed by atoms with Gasteiger partial charge in [0.25, 0.3) is 0 Å². The van der Waals surface area contributed by atoms with Gasteiger partial charge in [-0.25, -0.2) is 4.79 Å². The summed E-state index contributed by atoms with van der Waals surface area (Å²) in [7, 11) is 0. The van der Waals surface area contributed by atoms with Crippen molar-refractivity contribution in [2.75, 3.05) is 18.5 Å². The molecule has 0 fully saturated rings. The molecule has 120 valence electrons. The highest BCUT2D eigenvalue weighted by Crippen LogP contribution is 2.10. The average molecular weight is 313 g/mol. The third-order valence-corrected chi connectivity index (χ3v) is 3.06. The summed E-state index contributed by atoms with van der Waals surface area (Å²) in [5, 5.41) is 5.80. The zero-order valence-electron chi connectivity index (χ0n) is 12.9. The third kappa shape index (κ3) is 5.43. The summed E-state index contributed by atoms with van der Waals surface area (Å²) < 4.78 is 4.91. The van der Waals surface area contributed by atoms with Crippen molar-refractivity contribution in [1.82, 2.24) is 10.3 Å². The number of hydrogen-bond acceptors (Lipinski definition) is 5. The summed E-state index contributed by atoms with van der Waals surface area (Å²) in [5.74, 6) is -0.475. The highest BCUT2D eigenvalue weighted by molar-refractivity contribution is 5.90. The number of ether oxygens (including phenoxy) is 1. The van der Waals surface area contributed by atoms with E-state index in [1.807, 2.05) is 12.1 Å². The summed E-state index contributed by atoms with van der Waals surface area (Å²) in [6, 6.07) is 10.5. The first-order chi connectivity index (χ1) is 11.2. The highest BCUT2D eigenvalue weighted by atomic mass is 16.5. The van der Waals surface area contributed by atoms with Gasteiger partial charge in [0, 0.05) is 24.6 Å². The van der Waals surface area contributed by atoms with Gasteiger partial charge in [0.15, 0.2) is 0 Å². The van der Waals surface area contributed by atoms with Crippen LogP contribution in [0.5, 0.6) is 0 Å². The van der Waals surface area contributed by atoms with Crippen molar-refractivity contribution in [2.24, 2.45) is 0 Å². The fraction of sp³-hybridized carbons (Fsp3) is 0.235. The molecule has 0 atom stereocenters. The number of carbonyl (C=O) groups is 2. The molecule has 23 heavy (non-hydrogen) atoms. The molecule has 0 bridgehead atoms. The van der Waals surface area contributed by atoms with Crippen LogP contribution in [0, 0.1) is 0 Å². The van der Waals surface area contributed by atoms with Crippen molar-refractivity contribution < 1.29 is 14.3 Å². The monoisotopic (exact) mass is 313 g/mol. The molecule has 1 aromatic carbocycles. The van der Waals surface area contributed by atoms with Gasteiger partial charge in [0.1, 0.15) is 0 Å². The van der Waals surface area contributed by atoms with Gasteiger partial charge < -0.3 is 15.4 Å². The van der Waals surface area contributed by atoms with Crippen LogP contribution in [0.1, 0.15) is 22.8 Å². The molecule has 1 heterocycles. The lowest BCUT2D eigenvalue weighted by Crippen LogP contribution is -2.29. The van der Waals surface area contributed by atoms with E-state index in [1.165, 1.54) is 0 Å². The maximum atomic E-state index is 11.8. The van der Waals surface area contributed by atoms with Gasteiger partial charge in [-0.3, -0.25) is 9.78 Å². The molecule has 0 unspecified atom stereocenters. The molecule has 0 spiro atoms. The third-order valence-electron chi connectivity index (χ3n) is 3.06. The molecule has 1 aromatic heterocycles. The molecule has 0 aliphatic heterocycles. The molecule has 0 saturated carbocycles. The number of esters is 1. The number of aromatic nitrogens is 1. The van der Waals surface area contributed by atoms with Crippen LogP contribution in [-0.4, -0.2) is 30.0 Å². The predicted molar refractivity (Wildman–Crippen MR) is 87.0 cm³/mol. The minimum absolute atomic E-state index is 0.122. The van der Waals surface area contributed by atoms with Gasteiger partial charge in [-0.15, -0.1) is 0 Å². The van der Waals surface area contributed by atoms with Crippen LogP contribution >= 0.6 is 0 Å². The van der Waals surface area contributed by atoms with E-state index in [2.05, 4.69) is 15.6 Å². The van der Waals surface area contributed by atoms with E-state index >= 15 is 0 Å². The van der Waals surface area contributed by atoms with E-state index in [0.717, 1.165) is 11.3 Å². The summed E-state index contributed by atoms with van der Waals surface area (Å²) in [6.07, 6.45) is 3.40. The summed E-state index contributed by atoms with van der Waals surface area (Å²) in [4.78, 5) is 27.3. The Morgan fingerprint density at radius 2 is 1.96 bits per heavy atom. The first-order valence-electron chi connectivity index (χ1n) is 7.35. The number of nitrogens with one attached hydrogen (secondary N) is 2. The average Bonchev–Trinajstić information content (AvgIpc) is 2.59. The zero-order valence-corrected chi connectivity index (χ0v) is 12.9. The van der Waals surface area contributed by atoms with Gasteiger partial charge in [-0.05, 0) is 42.8 Å². The number of anilines is 1. The van der Waals surface area contributed by atoms with Crippen molar-refractivity contribution >= 4 is 17.6 Å². The van der Waals surface area contributed by atoms with E-state index in [1.54, 1.807) is 43.6 Å². The number of nitrogens with zero attached hydrogens (tertiary/aromatic N) is 1. The molecule has 0 aliphatic rings. The van der Waals surface area contributed by atoms with Crippen LogP contribution in [-0.2, 0) is 16.1 Å². The van der Waals surface area contributed by atoms with Gasteiger partial charge in [0.2, 0.25) is 5.91 Å². The summed E-state index contributed by atoms with van der Waals surface area (Å²) in [6.45, 7) is 2.70. The number of hydrogen-bond donors (Lipinski definition) is 2. The number of rotatable bonds is 7. The second-order valence-corrected chi connectivity index (χ2v) is 4.79. The Balaban J connectivity index is 1.77. The normalized spacial score (nSPS) is 9.96. The van der Waals surface area contributed by atoms with Crippen molar-refractivity contribution in [3.8, 4) is 0 Å². The second-order valence-electron chi connectivity index (χ2n) is 4.79. The van der Waals surface area contributed by atoms with Gasteiger partial charge in [-0.2, -0.15) is 0 Å². The number of carbonyl (C=O) groups excluding carboxylic acids is 2. The molecule has 0 saturated heterocycles. The van der Waals surface area contributed by atoms with Gasteiger partial charge in [0.05, 0.1) is 18.7 Å². The molecule has 2 aromatic rings. The minimum atomic E-state index is -0.353. The molecular weight excluding hydrogens is 294 g/mol. The maximum absolute atomic E-state index is 11.8. The summed E-state index contributed by atoms with van der Waals surface area (Å²) >= 11 is 0. The molecule has 6 nitrogen and oxygen atoms in total. The molecule has 2 N–H and O–H groups in total. The number of benzene rings is 1. The first kappa shape index (κ1) is 16.5. The molecular formula is C17H19N3O3. The van der Waals surface area contributed by atoms with Gasteiger partial charge in [-0.1, -0.05) is 6.07 Å². The van der Waals surface area contributed by atoms with E-state index in [-0.39, 0.29) is 18.4 Å². The van der Waals surface area contributed by atoms with E-state index in [0.29, 0.717) is 18.7 Å². The maximum Gasteiger partial charge on any atom is 0.338 e. The molecule has 0 radical (unpaired) electrons. The molecule has 2 rings (SSSR count). The quantitative estimate of drug-likeness (QED) is 0.764. The Hall–Kier alpha value is -2.89. The lowest BCUT2D eigenvalue weighted by Gasteiger charge is -2.08. The molecule has 0 aliphatic carbocycles. The topological polar surface area (TPSA) is 80.3 Å². The van der Waals surface area contributed by atoms with Crippen LogP contribution in [0.25, 0.3) is 0 Å².